The molecular formula is C16H26O2. The third-order valence-corrected chi connectivity index (χ3v) is 3.50. The standard InChI is InChI=1S/C16H26O2/c1-11(2)8-14-6-7-15(13(14)5)9-16(17)18-10-12(3)4/h12,14-15H,1,5-10H2,2-4H3. The molecule has 1 rings (SSSR count). The maximum absolute atomic E-state index is 11.7. The van der Waals surface area contributed by atoms with E-state index in [9.17, 15) is 4.79 Å². The van der Waals surface area contributed by atoms with Gasteiger partial charge in [-0.25, -0.2) is 0 Å². The molecule has 2 heteroatoms. The molecule has 0 aliphatic heterocycles. The summed E-state index contributed by atoms with van der Waals surface area (Å²) in [6, 6.07) is 0. The highest BCUT2D eigenvalue weighted by Crippen LogP contribution is 2.40. The van der Waals surface area contributed by atoms with E-state index in [1.165, 1.54) is 11.1 Å². The van der Waals surface area contributed by atoms with Crippen LogP contribution < -0.4 is 0 Å². The molecule has 0 radical (unpaired) electrons. The maximum atomic E-state index is 11.7. The number of esters is 1. The summed E-state index contributed by atoms with van der Waals surface area (Å²) >= 11 is 0. The molecule has 0 bridgehead atoms. The third kappa shape index (κ3) is 4.67. The van der Waals surface area contributed by atoms with E-state index in [2.05, 4.69) is 20.1 Å². The minimum atomic E-state index is -0.0779. The van der Waals surface area contributed by atoms with Gasteiger partial charge in [-0.3, -0.25) is 4.79 Å². The number of carbonyl (C=O) groups excluding carboxylic acids is 1. The molecule has 0 N–H and O–H groups in total. The van der Waals surface area contributed by atoms with E-state index in [0.29, 0.717) is 30.8 Å². The van der Waals surface area contributed by atoms with Crippen LogP contribution in [0.4, 0.5) is 0 Å². The SMILES string of the molecule is C=C(C)CC1CCC(CC(=O)OCC(C)C)C1=C. The smallest absolute Gasteiger partial charge is 0.306 e. The Morgan fingerprint density at radius 2 is 1.89 bits per heavy atom. The summed E-state index contributed by atoms with van der Waals surface area (Å²) in [5, 5.41) is 0. The largest absolute Gasteiger partial charge is 0.465 e. The van der Waals surface area contributed by atoms with Crippen molar-refractivity contribution in [3.05, 3.63) is 24.3 Å². The number of hydrogen-bond donors (Lipinski definition) is 0. The highest BCUT2D eigenvalue weighted by Gasteiger charge is 2.30. The summed E-state index contributed by atoms with van der Waals surface area (Å²) in [6.07, 6.45) is 3.70. The highest BCUT2D eigenvalue weighted by molar-refractivity contribution is 5.70. The third-order valence-electron chi connectivity index (χ3n) is 3.50. The first-order valence-electron chi connectivity index (χ1n) is 6.88. The Bertz CT molecular complexity index is 328. The Morgan fingerprint density at radius 3 is 2.39 bits per heavy atom. The molecule has 0 spiro atoms. The van der Waals surface area contributed by atoms with Crippen LogP contribution in [-0.2, 0) is 9.53 Å². The van der Waals surface area contributed by atoms with Gasteiger partial charge in [-0.2, -0.15) is 0 Å². The van der Waals surface area contributed by atoms with Gasteiger partial charge >= 0.3 is 5.97 Å². The van der Waals surface area contributed by atoms with Gasteiger partial charge in [0.1, 0.15) is 0 Å². The molecule has 102 valence electrons. The van der Waals surface area contributed by atoms with E-state index >= 15 is 0 Å². The number of hydrogen-bond acceptors (Lipinski definition) is 2. The summed E-state index contributed by atoms with van der Waals surface area (Å²) in [4.78, 5) is 11.7. The zero-order chi connectivity index (χ0) is 13.7. The lowest BCUT2D eigenvalue weighted by atomic mass is 9.92. The molecule has 2 atom stereocenters. The molecule has 18 heavy (non-hydrogen) atoms. The molecule has 0 aromatic rings. The van der Waals surface area contributed by atoms with Crippen LogP contribution in [0.25, 0.3) is 0 Å². The highest BCUT2D eigenvalue weighted by atomic mass is 16.5. The topological polar surface area (TPSA) is 26.3 Å². The Labute approximate surface area is 111 Å². The number of ether oxygens (including phenoxy) is 1. The number of carbonyl (C=O) groups is 1. The lowest BCUT2D eigenvalue weighted by Crippen LogP contribution is -2.14. The van der Waals surface area contributed by atoms with Crippen LogP contribution in [-0.4, -0.2) is 12.6 Å². The van der Waals surface area contributed by atoms with Crippen LogP contribution in [0.3, 0.4) is 0 Å². The van der Waals surface area contributed by atoms with Gasteiger partial charge in [0.25, 0.3) is 0 Å². The van der Waals surface area contributed by atoms with Gasteiger partial charge in [-0.15, -0.1) is 6.58 Å². The monoisotopic (exact) mass is 250 g/mol. The van der Waals surface area contributed by atoms with Crippen molar-refractivity contribution >= 4 is 5.97 Å². The van der Waals surface area contributed by atoms with Gasteiger partial charge < -0.3 is 4.74 Å². The van der Waals surface area contributed by atoms with E-state index in [0.717, 1.165) is 19.3 Å². The lowest BCUT2D eigenvalue weighted by Gasteiger charge is -2.15. The number of allylic oxidation sites excluding steroid dienone is 2. The molecule has 1 aliphatic carbocycles. The average Bonchev–Trinajstić information content (AvgIpc) is 2.58. The van der Waals surface area contributed by atoms with Crippen molar-refractivity contribution in [1.29, 1.82) is 0 Å². The molecule has 0 amide bonds. The van der Waals surface area contributed by atoms with Gasteiger partial charge in [-0.1, -0.05) is 31.6 Å². The van der Waals surface area contributed by atoms with Crippen LogP contribution in [0.2, 0.25) is 0 Å². The van der Waals surface area contributed by atoms with E-state index in [4.69, 9.17) is 4.74 Å². The summed E-state index contributed by atoms with van der Waals surface area (Å²) in [5.74, 6) is 1.15. The fourth-order valence-corrected chi connectivity index (χ4v) is 2.51. The average molecular weight is 250 g/mol. The first-order chi connectivity index (χ1) is 8.40. The Kier molecular flexibility index (Phi) is 5.64. The van der Waals surface area contributed by atoms with Crippen LogP contribution in [0.1, 0.15) is 46.5 Å². The minimum absolute atomic E-state index is 0.0779. The number of rotatable bonds is 6. The molecule has 1 saturated carbocycles. The van der Waals surface area contributed by atoms with E-state index < -0.39 is 0 Å². The van der Waals surface area contributed by atoms with Crippen molar-refractivity contribution < 1.29 is 9.53 Å². The van der Waals surface area contributed by atoms with Gasteiger partial charge in [0, 0.05) is 0 Å². The molecule has 1 aliphatic rings. The van der Waals surface area contributed by atoms with Gasteiger partial charge in [0.15, 0.2) is 0 Å². The molecule has 0 saturated heterocycles. The van der Waals surface area contributed by atoms with Crippen molar-refractivity contribution in [3.8, 4) is 0 Å². The fraction of sp³-hybridized carbons (Fsp3) is 0.688. The summed E-state index contributed by atoms with van der Waals surface area (Å²) in [6.45, 7) is 14.8. The maximum Gasteiger partial charge on any atom is 0.306 e. The van der Waals surface area contributed by atoms with Gasteiger partial charge in [0.05, 0.1) is 13.0 Å². The normalized spacial score (nSPS) is 23.4. The van der Waals surface area contributed by atoms with Crippen LogP contribution in [0.5, 0.6) is 0 Å². The van der Waals surface area contributed by atoms with Crippen LogP contribution in [0, 0.1) is 17.8 Å². The molecule has 0 heterocycles. The zero-order valence-electron chi connectivity index (χ0n) is 12.0. The second kappa shape index (κ2) is 6.77. The molecule has 0 aromatic heterocycles. The van der Waals surface area contributed by atoms with Crippen molar-refractivity contribution in [3.63, 3.8) is 0 Å². The Balaban J connectivity index is 2.38. The molecule has 2 nitrogen and oxygen atoms in total. The van der Waals surface area contributed by atoms with E-state index in [-0.39, 0.29) is 5.97 Å². The Hall–Kier alpha value is -1.05. The first kappa shape index (κ1) is 15.0. The van der Waals surface area contributed by atoms with Crippen molar-refractivity contribution in [2.24, 2.45) is 17.8 Å². The summed E-state index contributed by atoms with van der Waals surface area (Å²) < 4.78 is 5.23. The molecule has 0 aromatic carbocycles. The van der Waals surface area contributed by atoms with Crippen molar-refractivity contribution in [1.82, 2.24) is 0 Å². The second-order valence-electron chi connectivity index (χ2n) is 5.99. The Morgan fingerprint density at radius 1 is 1.33 bits per heavy atom. The first-order valence-corrected chi connectivity index (χ1v) is 6.88. The summed E-state index contributed by atoms with van der Waals surface area (Å²) in [7, 11) is 0. The molecule has 2 unspecified atom stereocenters. The van der Waals surface area contributed by atoms with Crippen molar-refractivity contribution in [2.45, 2.75) is 46.5 Å². The van der Waals surface area contributed by atoms with Gasteiger partial charge in [-0.05, 0) is 43.9 Å². The summed E-state index contributed by atoms with van der Waals surface area (Å²) in [5.41, 5.74) is 2.42. The second-order valence-corrected chi connectivity index (χ2v) is 5.99. The predicted molar refractivity (Wildman–Crippen MR) is 75.2 cm³/mol. The van der Waals surface area contributed by atoms with E-state index in [1.54, 1.807) is 0 Å². The van der Waals surface area contributed by atoms with Crippen LogP contribution in [0.15, 0.2) is 24.3 Å². The fourth-order valence-electron chi connectivity index (χ4n) is 2.51. The molecular weight excluding hydrogens is 224 g/mol. The quantitative estimate of drug-likeness (QED) is 0.523. The van der Waals surface area contributed by atoms with Crippen LogP contribution >= 0.6 is 0 Å². The zero-order valence-corrected chi connectivity index (χ0v) is 12.0. The molecule has 1 fully saturated rings. The van der Waals surface area contributed by atoms with Gasteiger partial charge in [0.2, 0.25) is 0 Å². The van der Waals surface area contributed by atoms with E-state index in [1.807, 2.05) is 13.8 Å². The minimum Gasteiger partial charge on any atom is -0.465 e. The predicted octanol–water partition coefficient (Wildman–Crippen LogP) is 4.12. The lowest BCUT2D eigenvalue weighted by molar-refractivity contribution is -0.145. The van der Waals surface area contributed by atoms with Crippen molar-refractivity contribution in [2.75, 3.05) is 6.61 Å².